The molecule has 0 aliphatic rings. The van der Waals surface area contributed by atoms with Crippen LogP contribution in [-0.2, 0) is 19.1 Å². The van der Waals surface area contributed by atoms with Crippen LogP contribution in [0.3, 0.4) is 0 Å². The molecule has 0 aromatic carbocycles. The Morgan fingerprint density at radius 1 is 0.469 bits per heavy atom. The fourth-order valence-electron chi connectivity index (χ4n) is 6.23. The lowest BCUT2D eigenvalue weighted by Crippen LogP contribution is -2.28. The Morgan fingerprint density at radius 2 is 0.816 bits per heavy atom. The molecule has 0 bridgehead atoms. The van der Waals surface area contributed by atoms with Crippen molar-refractivity contribution in [3.63, 3.8) is 0 Å². The molecule has 0 unspecified atom stereocenters. The summed E-state index contributed by atoms with van der Waals surface area (Å²) in [6.45, 7) is 4.12. The van der Waals surface area contributed by atoms with E-state index < -0.39 is 6.10 Å². The van der Waals surface area contributed by atoms with Crippen LogP contribution in [0.5, 0.6) is 0 Å². The summed E-state index contributed by atoms with van der Waals surface area (Å²) in [5, 5.41) is 9.56. The highest BCUT2D eigenvalue weighted by atomic mass is 16.6. The van der Waals surface area contributed by atoms with E-state index in [0.29, 0.717) is 12.8 Å². The number of rotatable bonds is 39. The topological polar surface area (TPSA) is 72.8 Å². The van der Waals surface area contributed by atoms with Crippen LogP contribution in [0, 0.1) is 0 Å². The van der Waals surface area contributed by atoms with Gasteiger partial charge in [-0.2, -0.15) is 0 Å². The number of esters is 2. The van der Waals surface area contributed by atoms with Crippen molar-refractivity contribution < 1.29 is 24.2 Å². The maximum Gasteiger partial charge on any atom is 0.306 e. The molecule has 0 saturated heterocycles. The number of allylic oxidation sites excluding steroid dienone is 4. The third kappa shape index (κ3) is 39.0. The minimum Gasteiger partial charge on any atom is -0.462 e. The fourth-order valence-corrected chi connectivity index (χ4v) is 6.23. The van der Waals surface area contributed by atoms with E-state index >= 15 is 0 Å². The molecule has 0 spiro atoms. The molecule has 0 aromatic heterocycles. The standard InChI is InChI=1S/C44H82O5/c1-3-5-7-9-11-13-15-17-19-20-21-22-23-25-26-28-30-32-34-36-38-43(46)48-41-42(40-45)49-44(47)39-37-35-33-31-29-27-24-18-16-14-12-10-8-6-4-2/h12,14,18,24,42,45H,3-11,13,15-17,19-23,25-41H2,1-2H3/b14-12+,24-18+/t42-/m0/s1. The van der Waals surface area contributed by atoms with Crippen molar-refractivity contribution >= 4 is 11.9 Å². The molecule has 5 nitrogen and oxygen atoms in total. The molecular weight excluding hydrogens is 608 g/mol. The van der Waals surface area contributed by atoms with E-state index in [1.807, 2.05) is 0 Å². The van der Waals surface area contributed by atoms with Gasteiger partial charge in [0, 0.05) is 12.8 Å². The summed E-state index contributed by atoms with van der Waals surface area (Å²) in [7, 11) is 0. The smallest absolute Gasteiger partial charge is 0.306 e. The van der Waals surface area contributed by atoms with Crippen molar-refractivity contribution in [3.05, 3.63) is 24.3 Å². The number of ether oxygens (including phenoxy) is 2. The van der Waals surface area contributed by atoms with E-state index in [0.717, 1.165) is 51.4 Å². The molecule has 0 radical (unpaired) electrons. The molecule has 0 rings (SSSR count). The molecule has 0 saturated carbocycles. The first-order chi connectivity index (χ1) is 24.1. The van der Waals surface area contributed by atoms with Crippen molar-refractivity contribution in [1.29, 1.82) is 0 Å². The Balaban J connectivity index is 3.50. The van der Waals surface area contributed by atoms with Crippen LogP contribution < -0.4 is 0 Å². The van der Waals surface area contributed by atoms with Crippen LogP contribution in [0.1, 0.15) is 226 Å². The van der Waals surface area contributed by atoms with E-state index in [2.05, 4.69) is 38.2 Å². The second-order valence-corrected chi connectivity index (χ2v) is 14.4. The molecule has 0 heterocycles. The first-order valence-corrected chi connectivity index (χ1v) is 21.4. The van der Waals surface area contributed by atoms with Crippen LogP contribution in [0.2, 0.25) is 0 Å². The molecule has 1 N–H and O–H groups in total. The Morgan fingerprint density at radius 3 is 1.24 bits per heavy atom. The number of hydrogen-bond donors (Lipinski definition) is 1. The quantitative estimate of drug-likeness (QED) is 0.0395. The number of aliphatic hydroxyl groups is 1. The summed E-state index contributed by atoms with van der Waals surface area (Å²) >= 11 is 0. The van der Waals surface area contributed by atoms with Crippen molar-refractivity contribution in [1.82, 2.24) is 0 Å². The third-order valence-electron chi connectivity index (χ3n) is 9.50. The Bertz CT molecular complexity index is 746. The molecule has 0 aromatic rings. The molecule has 0 amide bonds. The van der Waals surface area contributed by atoms with Gasteiger partial charge >= 0.3 is 11.9 Å². The average Bonchev–Trinajstić information content (AvgIpc) is 3.10. The summed E-state index contributed by atoms with van der Waals surface area (Å²) in [5.74, 6) is -0.597. The lowest BCUT2D eigenvalue weighted by molar-refractivity contribution is -0.161. The number of carbonyl (C=O) groups is 2. The summed E-state index contributed by atoms with van der Waals surface area (Å²) < 4.78 is 10.6. The van der Waals surface area contributed by atoms with Gasteiger partial charge in [0.25, 0.3) is 0 Å². The molecule has 5 heteroatoms. The SMILES string of the molecule is CCCCC/C=C/C/C=C/CCCCCCCC(=O)O[C@@H](CO)COC(=O)CCCCCCCCCCCCCCCCCCCCCC. The van der Waals surface area contributed by atoms with E-state index in [1.54, 1.807) is 0 Å². The molecule has 0 aliphatic carbocycles. The van der Waals surface area contributed by atoms with Gasteiger partial charge < -0.3 is 14.6 Å². The predicted molar refractivity (Wildman–Crippen MR) is 210 cm³/mol. The molecular formula is C44H82O5. The predicted octanol–water partition coefficient (Wildman–Crippen LogP) is 13.5. The maximum atomic E-state index is 12.2. The van der Waals surface area contributed by atoms with Crippen molar-refractivity contribution in [2.24, 2.45) is 0 Å². The van der Waals surface area contributed by atoms with Gasteiger partial charge in [-0.25, -0.2) is 0 Å². The highest BCUT2D eigenvalue weighted by molar-refractivity contribution is 5.70. The second-order valence-electron chi connectivity index (χ2n) is 14.4. The van der Waals surface area contributed by atoms with Crippen LogP contribution in [0.4, 0.5) is 0 Å². The number of aliphatic hydroxyl groups excluding tert-OH is 1. The minimum atomic E-state index is -0.774. The van der Waals surface area contributed by atoms with Crippen LogP contribution in [0.25, 0.3) is 0 Å². The Kier molecular flexibility index (Phi) is 39.5. The highest BCUT2D eigenvalue weighted by Gasteiger charge is 2.16. The Labute approximate surface area is 304 Å². The van der Waals surface area contributed by atoms with Crippen molar-refractivity contribution in [3.8, 4) is 0 Å². The van der Waals surface area contributed by atoms with Crippen LogP contribution >= 0.6 is 0 Å². The fraction of sp³-hybridized carbons (Fsp3) is 0.864. The normalized spacial score (nSPS) is 12.3. The highest BCUT2D eigenvalue weighted by Crippen LogP contribution is 2.15. The molecule has 49 heavy (non-hydrogen) atoms. The van der Waals surface area contributed by atoms with Crippen molar-refractivity contribution in [2.45, 2.75) is 232 Å². The zero-order chi connectivity index (χ0) is 35.7. The van der Waals surface area contributed by atoms with E-state index in [4.69, 9.17) is 9.47 Å². The average molecular weight is 691 g/mol. The van der Waals surface area contributed by atoms with Crippen LogP contribution in [-0.4, -0.2) is 36.4 Å². The second kappa shape index (κ2) is 40.8. The summed E-state index contributed by atoms with van der Waals surface area (Å²) in [5.41, 5.74) is 0. The number of unbranched alkanes of at least 4 members (excludes halogenated alkanes) is 27. The largest absolute Gasteiger partial charge is 0.462 e. The van der Waals surface area contributed by atoms with Gasteiger partial charge in [0.05, 0.1) is 6.61 Å². The first kappa shape index (κ1) is 47.4. The summed E-state index contributed by atoms with van der Waals surface area (Å²) in [4.78, 5) is 24.3. The lowest BCUT2D eigenvalue weighted by Gasteiger charge is -2.15. The van der Waals surface area contributed by atoms with E-state index in [9.17, 15) is 14.7 Å². The van der Waals surface area contributed by atoms with Gasteiger partial charge in [0.2, 0.25) is 0 Å². The van der Waals surface area contributed by atoms with Gasteiger partial charge in [0.1, 0.15) is 6.61 Å². The van der Waals surface area contributed by atoms with Gasteiger partial charge in [-0.1, -0.05) is 192 Å². The zero-order valence-corrected chi connectivity index (χ0v) is 32.7. The van der Waals surface area contributed by atoms with Gasteiger partial charge in [-0.3, -0.25) is 9.59 Å². The zero-order valence-electron chi connectivity index (χ0n) is 32.7. The van der Waals surface area contributed by atoms with E-state index in [1.165, 1.54) is 148 Å². The number of hydrogen-bond acceptors (Lipinski definition) is 5. The molecule has 288 valence electrons. The molecule has 1 atom stereocenters. The van der Waals surface area contributed by atoms with Gasteiger partial charge in [0.15, 0.2) is 6.10 Å². The monoisotopic (exact) mass is 691 g/mol. The first-order valence-electron chi connectivity index (χ1n) is 21.4. The van der Waals surface area contributed by atoms with Gasteiger partial charge in [-0.05, 0) is 44.9 Å². The van der Waals surface area contributed by atoms with Crippen LogP contribution in [0.15, 0.2) is 24.3 Å². The molecule has 0 aliphatic heterocycles. The number of carbonyl (C=O) groups excluding carboxylic acids is 2. The van der Waals surface area contributed by atoms with Gasteiger partial charge in [-0.15, -0.1) is 0 Å². The minimum absolute atomic E-state index is 0.0670. The molecule has 0 fully saturated rings. The summed E-state index contributed by atoms with van der Waals surface area (Å²) in [6, 6.07) is 0. The van der Waals surface area contributed by atoms with Crippen molar-refractivity contribution in [2.75, 3.05) is 13.2 Å². The lowest BCUT2D eigenvalue weighted by atomic mass is 10.0. The maximum absolute atomic E-state index is 12.2. The van der Waals surface area contributed by atoms with E-state index in [-0.39, 0.29) is 25.2 Å². The third-order valence-corrected chi connectivity index (χ3v) is 9.50. The Hall–Kier alpha value is -1.62. The summed E-state index contributed by atoms with van der Waals surface area (Å²) in [6.07, 6.45) is 48.2.